The van der Waals surface area contributed by atoms with Crippen LogP contribution < -0.4 is 11.1 Å². The number of nitrogens with two attached hydrogens (primary N) is 1. The molecule has 184 valence electrons. The highest BCUT2D eigenvalue weighted by atomic mass is 16.5. The molecule has 5 N–H and O–H groups in total. The number of nitrogens with zero attached hydrogens (tertiary/aromatic N) is 1. The van der Waals surface area contributed by atoms with Gasteiger partial charge >= 0.3 is 0 Å². The van der Waals surface area contributed by atoms with E-state index in [0.29, 0.717) is 43.0 Å². The van der Waals surface area contributed by atoms with E-state index in [1.54, 1.807) is 0 Å². The number of nitrogens with one attached hydrogen (secondary N) is 2. The van der Waals surface area contributed by atoms with Gasteiger partial charge in [-0.2, -0.15) is 0 Å². The normalized spacial score (nSPS) is 29.4. The first-order valence-electron chi connectivity index (χ1n) is 13.2. The molecule has 3 aliphatic carbocycles. The maximum Gasteiger partial charge on any atom is 0.198 e. The molecule has 0 aromatic carbocycles. The molecule has 3 fully saturated rings. The minimum atomic E-state index is -0.909. The van der Waals surface area contributed by atoms with Crippen molar-refractivity contribution in [1.82, 2.24) is 10.2 Å². The third-order valence-corrected chi connectivity index (χ3v) is 8.23. The maximum absolute atomic E-state index is 11.1. The predicted octanol–water partition coefficient (Wildman–Crippen LogP) is 4.24. The fraction of sp³-hybridized carbons (Fsp3) is 0.885. The molecular formula is C26H48N4O2. The van der Waals surface area contributed by atoms with Gasteiger partial charge in [-0.15, -0.1) is 0 Å². The molecule has 32 heavy (non-hydrogen) atoms. The molecule has 0 aromatic heterocycles. The zero-order chi connectivity index (χ0) is 22.9. The Kier molecular flexibility index (Phi) is 10.3. The Morgan fingerprint density at radius 3 is 2.31 bits per heavy atom. The van der Waals surface area contributed by atoms with Gasteiger partial charge in [-0.1, -0.05) is 44.9 Å². The van der Waals surface area contributed by atoms with E-state index in [0.717, 1.165) is 11.8 Å². The zero-order valence-corrected chi connectivity index (χ0v) is 20.5. The number of likely N-dealkylation sites (N-methyl/N-ethyl adjacent to an activating group) is 1. The smallest absolute Gasteiger partial charge is 0.198 e. The zero-order valence-electron chi connectivity index (χ0n) is 20.5. The summed E-state index contributed by atoms with van der Waals surface area (Å²) in [5.74, 6) is 3.45. The van der Waals surface area contributed by atoms with E-state index in [1.807, 2.05) is 11.9 Å². The lowest BCUT2D eigenvalue weighted by molar-refractivity contribution is 0.0707. The highest BCUT2D eigenvalue weighted by molar-refractivity contribution is 5.77. The van der Waals surface area contributed by atoms with Crippen LogP contribution in [0.25, 0.3) is 0 Å². The van der Waals surface area contributed by atoms with Crippen LogP contribution in [0.2, 0.25) is 0 Å². The van der Waals surface area contributed by atoms with Gasteiger partial charge in [0.05, 0.1) is 12.2 Å². The monoisotopic (exact) mass is 448 g/mol. The predicted molar refractivity (Wildman–Crippen MR) is 131 cm³/mol. The largest absolute Gasteiger partial charge is 0.478 e. The van der Waals surface area contributed by atoms with Gasteiger partial charge in [-0.05, 0) is 62.7 Å². The second-order valence-electron chi connectivity index (χ2n) is 10.8. The summed E-state index contributed by atoms with van der Waals surface area (Å²) >= 11 is 0. The van der Waals surface area contributed by atoms with E-state index in [1.165, 1.54) is 83.3 Å². The average molecular weight is 449 g/mol. The number of hydrogen-bond donors (Lipinski definition) is 4. The number of aliphatic hydroxyl groups is 1. The molecule has 0 heterocycles. The quantitative estimate of drug-likeness (QED) is 0.215. The van der Waals surface area contributed by atoms with Gasteiger partial charge in [-0.3, -0.25) is 5.32 Å². The molecule has 4 unspecified atom stereocenters. The van der Waals surface area contributed by atoms with Gasteiger partial charge < -0.3 is 25.9 Å². The highest BCUT2D eigenvalue weighted by Gasteiger charge is 2.34. The van der Waals surface area contributed by atoms with Crippen LogP contribution in [-0.4, -0.2) is 55.2 Å². The van der Waals surface area contributed by atoms with E-state index in [4.69, 9.17) is 15.9 Å². The highest BCUT2D eigenvalue weighted by Crippen LogP contribution is 2.42. The van der Waals surface area contributed by atoms with E-state index in [9.17, 15) is 5.11 Å². The molecule has 0 spiro atoms. The maximum atomic E-state index is 11.1. The summed E-state index contributed by atoms with van der Waals surface area (Å²) < 4.78 is 6.27. The summed E-state index contributed by atoms with van der Waals surface area (Å²) in [5, 5.41) is 22.6. The van der Waals surface area contributed by atoms with Crippen LogP contribution in [0.3, 0.4) is 0 Å². The molecule has 0 aromatic rings. The Morgan fingerprint density at radius 2 is 1.72 bits per heavy atom. The summed E-state index contributed by atoms with van der Waals surface area (Å²) in [7, 11) is 1.94. The summed E-state index contributed by atoms with van der Waals surface area (Å²) in [6, 6.07) is 0.211. The summed E-state index contributed by atoms with van der Waals surface area (Å²) in [4.78, 5) is 1.95. The lowest BCUT2D eigenvalue weighted by atomic mass is 9.72. The number of fused-ring (bicyclic) bond motifs is 2. The van der Waals surface area contributed by atoms with E-state index >= 15 is 0 Å². The minimum Gasteiger partial charge on any atom is -0.478 e. The summed E-state index contributed by atoms with van der Waals surface area (Å²) in [6.07, 6.45) is 16.1. The molecule has 0 saturated heterocycles. The lowest BCUT2D eigenvalue weighted by Crippen LogP contribution is -2.45. The molecule has 0 aliphatic heterocycles. The third kappa shape index (κ3) is 7.19. The molecule has 2 bridgehead atoms. The molecule has 6 nitrogen and oxygen atoms in total. The Balaban J connectivity index is 1.66. The van der Waals surface area contributed by atoms with Crippen molar-refractivity contribution < 1.29 is 9.84 Å². The van der Waals surface area contributed by atoms with Gasteiger partial charge in [0.25, 0.3) is 0 Å². The molecule has 3 aliphatic rings. The van der Waals surface area contributed by atoms with Crippen LogP contribution in [0.4, 0.5) is 0 Å². The van der Waals surface area contributed by atoms with Crippen LogP contribution in [0.15, 0.2) is 11.5 Å². The van der Waals surface area contributed by atoms with E-state index in [2.05, 4.69) is 12.2 Å². The molecule has 6 heteroatoms. The van der Waals surface area contributed by atoms with Crippen molar-refractivity contribution in [3.8, 4) is 0 Å². The molecule has 4 atom stereocenters. The van der Waals surface area contributed by atoms with Gasteiger partial charge in [0, 0.05) is 32.4 Å². The SMILES string of the molecule is CC(NC(O)/C(C=N)=C(\OCC1CCCCC1)N(C)CCN)C1CC2CCCCC(C2)C1. The Hall–Kier alpha value is -1.11. The second-order valence-corrected chi connectivity index (χ2v) is 10.8. The average Bonchev–Trinajstić information content (AvgIpc) is 2.96. The van der Waals surface area contributed by atoms with Crippen molar-refractivity contribution >= 4 is 6.21 Å². The number of hydrogen-bond acceptors (Lipinski definition) is 6. The molecule has 0 radical (unpaired) electrons. The third-order valence-electron chi connectivity index (χ3n) is 8.23. The number of ether oxygens (including phenoxy) is 1. The van der Waals surface area contributed by atoms with Crippen molar-refractivity contribution in [2.75, 3.05) is 26.7 Å². The Morgan fingerprint density at radius 1 is 1.09 bits per heavy atom. The minimum absolute atomic E-state index is 0.211. The van der Waals surface area contributed by atoms with Gasteiger partial charge in [0.15, 0.2) is 5.88 Å². The van der Waals surface area contributed by atoms with Crippen molar-refractivity contribution in [2.45, 2.75) is 96.2 Å². The van der Waals surface area contributed by atoms with Crippen LogP contribution in [-0.2, 0) is 4.74 Å². The van der Waals surface area contributed by atoms with Crippen LogP contribution >= 0.6 is 0 Å². The molecule has 0 amide bonds. The first kappa shape index (κ1) is 25.5. The first-order valence-corrected chi connectivity index (χ1v) is 13.2. The summed E-state index contributed by atoms with van der Waals surface area (Å²) in [6.45, 7) is 3.99. The van der Waals surface area contributed by atoms with E-state index < -0.39 is 6.23 Å². The first-order chi connectivity index (χ1) is 15.5. The number of rotatable bonds is 11. The lowest BCUT2D eigenvalue weighted by Gasteiger charge is -2.38. The Bertz CT molecular complexity index is 591. The second kappa shape index (κ2) is 13.0. The van der Waals surface area contributed by atoms with Crippen molar-refractivity contribution in [1.29, 1.82) is 5.41 Å². The fourth-order valence-corrected chi connectivity index (χ4v) is 6.35. The van der Waals surface area contributed by atoms with E-state index in [-0.39, 0.29) is 6.04 Å². The van der Waals surface area contributed by atoms with Crippen LogP contribution in [0.1, 0.15) is 84.0 Å². The van der Waals surface area contributed by atoms with Gasteiger partial charge in [0.2, 0.25) is 0 Å². The van der Waals surface area contributed by atoms with Crippen LogP contribution in [0.5, 0.6) is 0 Å². The summed E-state index contributed by atoms with van der Waals surface area (Å²) in [5.41, 5.74) is 6.32. The number of aliphatic hydroxyl groups excluding tert-OH is 1. The standard InChI is InChI=1S/C26H48N4O2/c1-19(23-15-21-10-6-7-11-22(14-21)16-23)29-25(31)24(17-28)26(30(2)13-12-27)32-18-20-8-4-3-5-9-20/h17,19-23,25,28-29,31H,3-16,18,27H2,1-2H3/b26-24-,28-17?. The molecular weight excluding hydrogens is 400 g/mol. The van der Waals surface area contributed by atoms with Crippen molar-refractivity contribution in [2.24, 2.45) is 29.4 Å². The fourth-order valence-electron chi connectivity index (χ4n) is 6.35. The molecule has 3 saturated carbocycles. The van der Waals surface area contributed by atoms with Crippen molar-refractivity contribution in [3.63, 3.8) is 0 Å². The molecule has 3 rings (SSSR count). The topological polar surface area (TPSA) is 94.6 Å². The Labute approximate surface area is 195 Å². The van der Waals surface area contributed by atoms with Gasteiger partial charge in [0.1, 0.15) is 6.23 Å². The van der Waals surface area contributed by atoms with Crippen LogP contribution in [0, 0.1) is 29.1 Å². The van der Waals surface area contributed by atoms with Gasteiger partial charge in [-0.25, -0.2) is 0 Å². The van der Waals surface area contributed by atoms with Crippen molar-refractivity contribution in [3.05, 3.63) is 11.5 Å².